The Balaban J connectivity index is 2.62. The molecule has 0 atom stereocenters. The summed E-state index contributed by atoms with van der Waals surface area (Å²) in [6.45, 7) is 0.856. The van der Waals surface area contributed by atoms with Gasteiger partial charge in [0, 0.05) is 6.54 Å². The molecule has 0 radical (unpaired) electrons. The molecule has 17 heavy (non-hydrogen) atoms. The first-order valence-electron chi connectivity index (χ1n) is 5.03. The van der Waals surface area contributed by atoms with Crippen molar-refractivity contribution in [1.82, 2.24) is 0 Å². The van der Waals surface area contributed by atoms with Crippen molar-refractivity contribution in [3.63, 3.8) is 0 Å². The summed E-state index contributed by atoms with van der Waals surface area (Å²) in [5.74, 6) is -0.675. The monoisotopic (exact) mass is 263 g/mol. The van der Waals surface area contributed by atoms with Crippen LogP contribution in [0.5, 0.6) is 0 Å². The maximum absolute atomic E-state index is 13.7. The lowest BCUT2D eigenvalue weighted by atomic mass is 10.2. The number of hydrogen-bond donors (Lipinski definition) is 4. The van der Waals surface area contributed by atoms with Crippen LogP contribution in [0.4, 0.5) is 21.5 Å². The minimum absolute atomic E-state index is 0.0514. The molecule has 96 valence electrons. The lowest BCUT2D eigenvalue weighted by molar-refractivity contribution is 0.0992. The topological polar surface area (TPSA) is 93.5 Å². The van der Waals surface area contributed by atoms with Gasteiger partial charge in [0.25, 0.3) is 0 Å². The summed E-state index contributed by atoms with van der Waals surface area (Å²) in [5.41, 5.74) is 11.5. The first-order chi connectivity index (χ1) is 8.07. The van der Waals surface area contributed by atoms with Gasteiger partial charge in [-0.1, -0.05) is 11.6 Å². The smallest absolute Gasteiger partial charge is 0.169 e. The number of ether oxygens (including phenoxy) is 1. The maximum Gasteiger partial charge on any atom is 0.169 e. The molecular weight excluding hydrogens is 249 g/mol. The van der Waals surface area contributed by atoms with E-state index in [1.165, 1.54) is 6.07 Å². The second-order valence-electron chi connectivity index (χ2n) is 3.32. The summed E-state index contributed by atoms with van der Waals surface area (Å²) >= 11 is 5.66. The van der Waals surface area contributed by atoms with Gasteiger partial charge in [-0.15, -0.1) is 0 Å². The van der Waals surface area contributed by atoms with Crippen LogP contribution in [-0.2, 0) is 4.74 Å². The predicted octanol–water partition coefficient (Wildman–Crippen LogP) is 1.06. The van der Waals surface area contributed by atoms with Gasteiger partial charge >= 0.3 is 0 Å². The number of benzene rings is 1. The van der Waals surface area contributed by atoms with Crippen LogP contribution in [0.2, 0.25) is 5.02 Å². The molecule has 0 amide bonds. The number of rotatable bonds is 6. The minimum Gasteiger partial charge on any atom is -0.397 e. The van der Waals surface area contributed by atoms with Gasteiger partial charge in [-0.2, -0.15) is 0 Å². The van der Waals surface area contributed by atoms with Crippen molar-refractivity contribution in [1.29, 1.82) is 0 Å². The standard InChI is InChI=1S/C10H15ClFN3O2/c11-8-6(13)5-7(14)10(9(8)12)15-1-3-17-4-2-16/h5,15-16H,1-4,13-14H2. The third-order valence-electron chi connectivity index (χ3n) is 2.05. The third kappa shape index (κ3) is 3.62. The van der Waals surface area contributed by atoms with Gasteiger partial charge in [-0.3, -0.25) is 0 Å². The van der Waals surface area contributed by atoms with E-state index in [2.05, 4.69) is 5.32 Å². The number of nitrogen functional groups attached to an aromatic ring is 2. The molecule has 0 aliphatic heterocycles. The Kier molecular flexibility index (Phi) is 5.27. The van der Waals surface area contributed by atoms with Crippen LogP contribution in [0, 0.1) is 5.82 Å². The summed E-state index contributed by atoms with van der Waals surface area (Å²) in [6.07, 6.45) is 0. The van der Waals surface area contributed by atoms with Crippen LogP contribution in [0.15, 0.2) is 6.07 Å². The Bertz CT molecular complexity index is 390. The molecule has 0 saturated carbocycles. The maximum atomic E-state index is 13.7. The molecule has 0 fully saturated rings. The molecule has 0 unspecified atom stereocenters. The van der Waals surface area contributed by atoms with Gasteiger partial charge in [-0.05, 0) is 6.07 Å². The SMILES string of the molecule is Nc1cc(N)c(NCCOCCO)c(F)c1Cl. The van der Waals surface area contributed by atoms with E-state index in [0.29, 0.717) is 13.2 Å². The van der Waals surface area contributed by atoms with Gasteiger partial charge in [0.15, 0.2) is 5.82 Å². The molecule has 0 aliphatic carbocycles. The first kappa shape index (κ1) is 13.8. The van der Waals surface area contributed by atoms with Crippen molar-refractivity contribution in [2.75, 3.05) is 43.1 Å². The Morgan fingerprint density at radius 3 is 2.71 bits per heavy atom. The molecule has 0 spiro atoms. The van der Waals surface area contributed by atoms with Crippen molar-refractivity contribution in [3.8, 4) is 0 Å². The molecule has 1 aromatic carbocycles. The molecule has 0 saturated heterocycles. The molecule has 6 N–H and O–H groups in total. The van der Waals surface area contributed by atoms with Crippen LogP contribution < -0.4 is 16.8 Å². The number of anilines is 3. The summed E-state index contributed by atoms with van der Waals surface area (Å²) < 4.78 is 18.7. The van der Waals surface area contributed by atoms with E-state index in [1.54, 1.807) is 0 Å². The summed E-state index contributed by atoms with van der Waals surface area (Å²) in [7, 11) is 0. The van der Waals surface area contributed by atoms with E-state index < -0.39 is 5.82 Å². The van der Waals surface area contributed by atoms with E-state index in [9.17, 15) is 4.39 Å². The minimum atomic E-state index is -0.675. The Morgan fingerprint density at radius 1 is 1.35 bits per heavy atom. The van der Waals surface area contributed by atoms with E-state index in [-0.39, 0.29) is 35.3 Å². The van der Waals surface area contributed by atoms with Gasteiger partial charge in [0.05, 0.1) is 36.9 Å². The number of aliphatic hydroxyl groups is 1. The van der Waals surface area contributed by atoms with Crippen LogP contribution >= 0.6 is 11.6 Å². The normalized spacial score (nSPS) is 10.5. The van der Waals surface area contributed by atoms with Gasteiger partial charge in [0.1, 0.15) is 5.02 Å². The average Bonchev–Trinajstić information content (AvgIpc) is 2.30. The second kappa shape index (κ2) is 6.48. The highest BCUT2D eigenvalue weighted by Gasteiger charge is 2.13. The zero-order valence-electron chi connectivity index (χ0n) is 9.17. The number of nitrogens with one attached hydrogen (secondary N) is 1. The molecular formula is C10H15ClFN3O2. The van der Waals surface area contributed by atoms with Crippen LogP contribution in [0.1, 0.15) is 0 Å². The largest absolute Gasteiger partial charge is 0.397 e. The van der Waals surface area contributed by atoms with Gasteiger partial charge < -0.3 is 26.6 Å². The van der Waals surface area contributed by atoms with Crippen LogP contribution in [0.3, 0.4) is 0 Å². The molecule has 0 heterocycles. The fourth-order valence-corrected chi connectivity index (χ4v) is 1.41. The van der Waals surface area contributed by atoms with E-state index in [1.807, 2.05) is 0 Å². The highest BCUT2D eigenvalue weighted by molar-refractivity contribution is 6.33. The Labute approximate surface area is 103 Å². The highest BCUT2D eigenvalue weighted by atomic mass is 35.5. The molecule has 1 rings (SSSR count). The number of aliphatic hydroxyl groups excluding tert-OH is 1. The molecule has 0 aliphatic rings. The van der Waals surface area contributed by atoms with Crippen molar-refractivity contribution in [2.45, 2.75) is 0 Å². The lowest BCUT2D eigenvalue weighted by Crippen LogP contribution is -2.13. The lowest BCUT2D eigenvalue weighted by Gasteiger charge is -2.12. The fraction of sp³-hybridized carbons (Fsp3) is 0.400. The van der Waals surface area contributed by atoms with Gasteiger partial charge in [-0.25, -0.2) is 4.39 Å². The summed E-state index contributed by atoms with van der Waals surface area (Å²) in [4.78, 5) is 0. The predicted molar refractivity (Wildman–Crippen MR) is 66.6 cm³/mol. The molecule has 1 aromatic rings. The zero-order valence-corrected chi connectivity index (χ0v) is 9.93. The highest BCUT2D eigenvalue weighted by Crippen LogP contribution is 2.33. The van der Waals surface area contributed by atoms with Crippen molar-refractivity contribution in [2.24, 2.45) is 0 Å². The zero-order chi connectivity index (χ0) is 12.8. The molecule has 5 nitrogen and oxygen atoms in total. The summed E-state index contributed by atoms with van der Waals surface area (Å²) in [6, 6.07) is 1.39. The van der Waals surface area contributed by atoms with Crippen molar-refractivity contribution < 1.29 is 14.2 Å². The first-order valence-corrected chi connectivity index (χ1v) is 5.41. The van der Waals surface area contributed by atoms with Crippen LogP contribution in [0.25, 0.3) is 0 Å². The number of halogens is 2. The van der Waals surface area contributed by atoms with Crippen LogP contribution in [-0.4, -0.2) is 31.5 Å². The molecule has 7 heteroatoms. The number of nitrogens with two attached hydrogens (primary N) is 2. The van der Waals surface area contributed by atoms with E-state index in [4.69, 9.17) is 32.9 Å². The number of hydrogen-bond acceptors (Lipinski definition) is 5. The fourth-order valence-electron chi connectivity index (χ4n) is 1.26. The Morgan fingerprint density at radius 2 is 2.06 bits per heavy atom. The van der Waals surface area contributed by atoms with E-state index >= 15 is 0 Å². The van der Waals surface area contributed by atoms with Crippen molar-refractivity contribution >= 4 is 28.7 Å². The molecule has 0 aromatic heterocycles. The van der Waals surface area contributed by atoms with Crippen molar-refractivity contribution in [3.05, 3.63) is 16.9 Å². The molecule has 0 bridgehead atoms. The Hall–Kier alpha value is -1.24. The van der Waals surface area contributed by atoms with E-state index in [0.717, 1.165) is 0 Å². The quantitative estimate of drug-likeness (QED) is 0.455. The van der Waals surface area contributed by atoms with Gasteiger partial charge in [0.2, 0.25) is 0 Å². The summed E-state index contributed by atoms with van der Waals surface area (Å²) in [5, 5.41) is 11.1. The third-order valence-corrected chi connectivity index (χ3v) is 2.43. The average molecular weight is 264 g/mol. The second-order valence-corrected chi connectivity index (χ2v) is 3.70.